The number of anilines is 1. The third-order valence-corrected chi connectivity index (χ3v) is 4.07. The number of alkyl carbamates (subject to hydrolysis) is 1. The number of nitrogen functional groups attached to an aromatic ring is 1. The van der Waals surface area contributed by atoms with E-state index < -0.39 is 11.7 Å². The Balaban J connectivity index is 1.74. The summed E-state index contributed by atoms with van der Waals surface area (Å²) in [5.74, 6) is -0.378. The Morgan fingerprint density at radius 3 is 2.42 bits per heavy atom. The van der Waals surface area contributed by atoms with Crippen LogP contribution < -0.4 is 11.1 Å². The van der Waals surface area contributed by atoms with Crippen molar-refractivity contribution in [3.05, 3.63) is 35.9 Å². The van der Waals surface area contributed by atoms with E-state index in [0.717, 1.165) is 18.4 Å². The quantitative estimate of drug-likeness (QED) is 0.486. The second kappa shape index (κ2) is 8.74. The molecular weight excluding hydrogens is 332 g/mol. The molecule has 0 bridgehead atoms. The Kier molecular flexibility index (Phi) is 6.66. The maximum Gasteiger partial charge on any atom is 0.407 e. The minimum Gasteiger partial charge on any atom is -0.459 e. The molecule has 1 aromatic rings. The largest absolute Gasteiger partial charge is 0.459 e. The Labute approximate surface area is 154 Å². The maximum absolute atomic E-state index is 12.0. The van der Waals surface area contributed by atoms with Gasteiger partial charge in [0, 0.05) is 17.8 Å². The van der Waals surface area contributed by atoms with Crippen molar-refractivity contribution in [1.82, 2.24) is 5.32 Å². The van der Waals surface area contributed by atoms with Crippen molar-refractivity contribution >= 4 is 23.8 Å². The monoisotopic (exact) mass is 360 g/mol. The summed E-state index contributed by atoms with van der Waals surface area (Å²) in [6.45, 7) is 5.50. The Morgan fingerprint density at radius 2 is 1.81 bits per heavy atom. The number of esters is 1. The predicted molar refractivity (Wildman–Crippen MR) is 101 cm³/mol. The van der Waals surface area contributed by atoms with Crippen LogP contribution in [0.3, 0.4) is 0 Å². The van der Waals surface area contributed by atoms with Crippen molar-refractivity contribution in [1.29, 1.82) is 0 Å². The topological polar surface area (TPSA) is 90.6 Å². The van der Waals surface area contributed by atoms with Crippen LogP contribution in [-0.4, -0.2) is 29.8 Å². The van der Waals surface area contributed by atoms with Crippen molar-refractivity contribution in [2.75, 3.05) is 5.73 Å². The first-order valence-electron chi connectivity index (χ1n) is 8.95. The van der Waals surface area contributed by atoms with Gasteiger partial charge in [-0.1, -0.05) is 18.2 Å². The molecule has 26 heavy (non-hydrogen) atoms. The molecule has 1 aliphatic carbocycles. The van der Waals surface area contributed by atoms with Gasteiger partial charge >= 0.3 is 12.1 Å². The van der Waals surface area contributed by atoms with Gasteiger partial charge in [-0.05, 0) is 64.2 Å². The highest BCUT2D eigenvalue weighted by molar-refractivity contribution is 5.88. The van der Waals surface area contributed by atoms with Crippen LogP contribution in [0.4, 0.5) is 10.5 Å². The van der Waals surface area contributed by atoms with Crippen molar-refractivity contribution in [2.45, 2.75) is 64.2 Å². The molecule has 142 valence electrons. The minimum absolute atomic E-state index is 0.0551. The Hall–Kier alpha value is -2.50. The zero-order valence-corrected chi connectivity index (χ0v) is 15.7. The molecule has 0 unspecified atom stereocenters. The Morgan fingerprint density at radius 1 is 1.15 bits per heavy atom. The summed E-state index contributed by atoms with van der Waals surface area (Å²) in [7, 11) is 0. The van der Waals surface area contributed by atoms with E-state index in [1.807, 2.05) is 39.0 Å². The number of para-hydroxylation sites is 1. The number of hydrogen-bond donors (Lipinski definition) is 2. The summed E-state index contributed by atoms with van der Waals surface area (Å²) < 4.78 is 10.7. The summed E-state index contributed by atoms with van der Waals surface area (Å²) >= 11 is 0. The van der Waals surface area contributed by atoms with Gasteiger partial charge in [0.05, 0.1) is 0 Å². The van der Waals surface area contributed by atoms with Crippen LogP contribution in [0.2, 0.25) is 0 Å². The first-order valence-corrected chi connectivity index (χ1v) is 8.95. The lowest BCUT2D eigenvalue weighted by Gasteiger charge is -2.29. The van der Waals surface area contributed by atoms with E-state index in [1.54, 1.807) is 12.1 Å². The summed E-state index contributed by atoms with van der Waals surface area (Å²) in [5.41, 5.74) is 6.73. The van der Waals surface area contributed by atoms with Gasteiger partial charge in [-0.15, -0.1) is 0 Å². The standard InChI is InChI=1S/C20H28N2O4/c1-20(2,3)26-19(24)22-15-9-11-16(12-10-15)25-18(23)13-8-14-6-4-5-7-17(14)21/h4-8,13,15-16H,9-12,21H2,1-3H3,(H,22,24)/b13-8+/t15-,16-. The van der Waals surface area contributed by atoms with Crippen LogP contribution in [0.15, 0.2) is 30.3 Å². The van der Waals surface area contributed by atoms with Crippen LogP contribution in [0, 0.1) is 0 Å². The highest BCUT2D eigenvalue weighted by Crippen LogP contribution is 2.22. The van der Waals surface area contributed by atoms with Crippen LogP contribution in [-0.2, 0) is 14.3 Å². The molecule has 1 aliphatic rings. The molecule has 6 nitrogen and oxygen atoms in total. The highest BCUT2D eigenvalue weighted by atomic mass is 16.6. The number of nitrogens with two attached hydrogens (primary N) is 1. The molecule has 6 heteroatoms. The summed E-state index contributed by atoms with van der Waals surface area (Å²) in [6, 6.07) is 7.38. The number of ether oxygens (including phenoxy) is 2. The van der Waals surface area contributed by atoms with Gasteiger partial charge in [0.2, 0.25) is 0 Å². The lowest BCUT2D eigenvalue weighted by molar-refractivity contribution is -0.144. The predicted octanol–water partition coefficient (Wildman–Crippen LogP) is 3.66. The molecule has 0 spiro atoms. The summed E-state index contributed by atoms with van der Waals surface area (Å²) in [6.07, 6.45) is 5.47. The van der Waals surface area contributed by atoms with Gasteiger partial charge < -0.3 is 20.5 Å². The van der Waals surface area contributed by atoms with Gasteiger partial charge in [0.25, 0.3) is 0 Å². The van der Waals surface area contributed by atoms with Gasteiger partial charge in [0.1, 0.15) is 11.7 Å². The van der Waals surface area contributed by atoms with Crippen LogP contribution in [0.1, 0.15) is 52.0 Å². The fourth-order valence-corrected chi connectivity index (χ4v) is 2.82. The summed E-state index contributed by atoms with van der Waals surface area (Å²) in [5, 5.41) is 2.87. The van der Waals surface area contributed by atoms with Gasteiger partial charge in [-0.3, -0.25) is 0 Å². The van der Waals surface area contributed by atoms with E-state index in [2.05, 4.69) is 5.32 Å². The zero-order valence-electron chi connectivity index (χ0n) is 15.7. The molecule has 1 aromatic carbocycles. The minimum atomic E-state index is -0.509. The van der Waals surface area contributed by atoms with E-state index in [9.17, 15) is 9.59 Å². The number of carbonyl (C=O) groups is 2. The SMILES string of the molecule is CC(C)(C)OC(=O)N[C@H]1CC[C@H](OC(=O)/C=C/c2ccccc2N)CC1. The molecule has 1 fully saturated rings. The smallest absolute Gasteiger partial charge is 0.407 e. The van der Waals surface area contributed by atoms with Crippen molar-refractivity contribution in [3.8, 4) is 0 Å². The third-order valence-electron chi connectivity index (χ3n) is 4.07. The van der Waals surface area contributed by atoms with E-state index in [1.165, 1.54) is 6.08 Å². The highest BCUT2D eigenvalue weighted by Gasteiger charge is 2.26. The fraction of sp³-hybridized carbons (Fsp3) is 0.500. The number of hydrogen-bond acceptors (Lipinski definition) is 5. The Bertz CT molecular complexity index is 656. The average Bonchev–Trinajstić information content (AvgIpc) is 2.54. The number of rotatable bonds is 4. The van der Waals surface area contributed by atoms with E-state index in [4.69, 9.17) is 15.2 Å². The number of amides is 1. The van der Waals surface area contributed by atoms with E-state index in [0.29, 0.717) is 18.5 Å². The van der Waals surface area contributed by atoms with Crippen molar-refractivity contribution < 1.29 is 19.1 Å². The molecule has 0 aliphatic heterocycles. The molecular formula is C20H28N2O4. The van der Waals surface area contributed by atoms with Gasteiger partial charge in [-0.25, -0.2) is 9.59 Å². The lowest BCUT2D eigenvalue weighted by atomic mass is 9.93. The van der Waals surface area contributed by atoms with Crippen molar-refractivity contribution in [2.24, 2.45) is 0 Å². The molecule has 2 rings (SSSR count). The average molecular weight is 360 g/mol. The molecule has 0 heterocycles. The first-order chi connectivity index (χ1) is 12.2. The number of nitrogens with one attached hydrogen (secondary N) is 1. The van der Waals surface area contributed by atoms with Crippen LogP contribution in [0.5, 0.6) is 0 Å². The van der Waals surface area contributed by atoms with Crippen molar-refractivity contribution in [3.63, 3.8) is 0 Å². The first kappa shape index (κ1) is 19.8. The van der Waals surface area contributed by atoms with Crippen LogP contribution in [0.25, 0.3) is 6.08 Å². The molecule has 1 saturated carbocycles. The normalized spacial score (nSPS) is 20.6. The van der Waals surface area contributed by atoms with Gasteiger partial charge in [0.15, 0.2) is 0 Å². The molecule has 0 atom stereocenters. The second-order valence-corrected chi connectivity index (χ2v) is 7.52. The molecule has 3 N–H and O–H groups in total. The second-order valence-electron chi connectivity index (χ2n) is 7.52. The van der Waals surface area contributed by atoms with E-state index >= 15 is 0 Å². The van der Waals surface area contributed by atoms with Crippen LogP contribution >= 0.6 is 0 Å². The molecule has 0 saturated heterocycles. The molecule has 0 aromatic heterocycles. The van der Waals surface area contributed by atoms with E-state index in [-0.39, 0.29) is 18.1 Å². The number of benzene rings is 1. The zero-order chi connectivity index (χ0) is 19.2. The third kappa shape index (κ3) is 6.78. The molecule has 0 radical (unpaired) electrons. The lowest BCUT2D eigenvalue weighted by Crippen LogP contribution is -2.42. The number of carbonyl (C=O) groups excluding carboxylic acids is 2. The maximum atomic E-state index is 12.0. The van der Waals surface area contributed by atoms with Gasteiger partial charge in [-0.2, -0.15) is 0 Å². The molecule has 1 amide bonds. The summed E-state index contributed by atoms with van der Waals surface area (Å²) in [4.78, 5) is 23.8. The fourth-order valence-electron chi connectivity index (χ4n) is 2.82.